The van der Waals surface area contributed by atoms with Crippen molar-refractivity contribution >= 4 is 16.8 Å². The van der Waals surface area contributed by atoms with Crippen LogP contribution in [-0.2, 0) is 29.1 Å². The Morgan fingerprint density at radius 1 is 1.19 bits per heavy atom. The zero-order valence-corrected chi connectivity index (χ0v) is 19.5. The fourth-order valence-electron chi connectivity index (χ4n) is 4.81. The summed E-state index contributed by atoms with van der Waals surface area (Å²) >= 11 is 0. The maximum Gasteiger partial charge on any atom is 0.227 e. The predicted octanol–water partition coefficient (Wildman–Crippen LogP) is 4.36. The Labute approximate surface area is 204 Å². The number of para-hydroxylation sites is 1. The number of rotatable bonds is 6. The molecular formula is C27H24F2N2O5. The number of hydrogen-bond acceptors (Lipinski definition) is 5. The first-order chi connectivity index (χ1) is 17.4. The molecule has 3 heterocycles. The Kier molecular flexibility index (Phi) is 6.32. The lowest BCUT2D eigenvalue weighted by atomic mass is 9.91. The van der Waals surface area contributed by atoms with Gasteiger partial charge in [-0.2, -0.15) is 0 Å². The molecule has 0 aliphatic carbocycles. The van der Waals surface area contributed by atoms with Crippen molar-refractivity contribution in [2.75, 3.05) is 13.7 Å². The number of amides is 1. The van der Waals surface area contributed by atoms with Gasteiger partial charge in [0.1, 0.15) is 12.4 Å². The molecule has 1 aliphatic rings. The van der Waals surface area contributed by atoms with Crippen LogP contribution in [-0.4, -0.2) is 34.6 Å². The average molecular weight is 494 g/mol. The molecule has 1 aliphatic heterocycles. The van der Waals surface area contributed by atoms with Gasteiger partial charge in [0.2, 0.25) is 17.1 Å². The first-order valence-electron chi connectivity index (χ1n) is 11.5. The minimum absolute atomic E-state index is 0.0454. The van der Waals surface area contributed by atoms with Crippen LogP contribution in [0.2, 0.25) is 0 Å². The van der Waals surface area contributed by atoms with Gasteiger partial charge in [-0.05, 0) is 35.7 Å². The molecular weight excluding hydrogens is 470 g/mol. The van der Waals surface area contributed by atoms with E-state index in [2.05, 4.69) is 4.98 Å². The lowest BCUT2D eigenvalue weighted by molar-refractivity contribution is -0.132. The SMILES string of the molecule is COCc1cc(=O)c(O)c([C@@H](CC(=O)N2CCc3c([nH]c4ccccc34)C2)c2ccc(F)c(F)c2)o1. The molecule has 0 radical (unpaired) electrons. The minimum atomic E-state index is -1.11. The Bertz CT molecular complexity index is 1510. The van der Waals surface area contributed by atoms with E-state index in [1.54, 1.807) is 4.90 Å². The number of ether oxygens (including phenoxy) is 1. The second-order valence-corrected chi connectivity index (χ2v) is 8.85. The van der Waals surface area contributed by atoms with Gasteiger partial charge in [-0.25, -0.2) is 8.78 Å². The topological polar surface area (TPSA) is 95.8 Å². The fraction of sp³-hybridized carbons (Fsp3) is 0.259. The van der Waals surface area contributed by atoms with E-state index in [1.807, 2.05) is 24.3 Å². The first kappa shape index (κ1) is 23.7. The molecule has 0 saturated heterocycles. The molecule has 2 aromatic carbocycles. The second-order valence-electron chi connectivity index (χ2n) is 8.85. The predicted molar refractivity (Wildman–Crippen MR) is 128 cm³/mol. The third-order valence-corrected chi connectivity index (χ3v) is 6.56. The summed E-state index contributed by atoms with van der Waals surface area (Å²) in [7, 11) is 1.41. The van der Waals surface area contributed by atoms with Crippen molar-refractivity contribution in [1.82, 2.24) is 9.88 Å². The Morgan fingerprint density at radius 3 is 2.78 bits per heavy atom. The zero-order chi connectivity index (χ0) is 25.4. The van der Waals surface area contributed by atoms with Crippen LogP contribution in [0.15, 0.2) is 57.7 Å². The van der Waals surface area contributed by atoms with Gasteiger partial charge in [-0.1, -0.05) is 24.3 Å². The normalized spacial score (nSPS) is 14.1. The number of aromatic hydroxyl groups is 1. The molecule has 2 N–H and O–H groups in total. The summed E-state index contributed by atoms with van der Waals surface area (Å²) in [5.41, 5.74) is 2.58. The number of hydrogen-bond donors (Lipinski definition) is 2. The maximum absolute atomic E-state index is 14.1. The van der Waals surface area contributed by atoms with Gasteiger partial charge in [-0.15, -0.1) is 0 Å². The molecule has 2 aromatic heterocycles. The number of nitrogens with zero attached hydrogens (tertiary/aromatic N) is 1. The van der Waals surface area contributed by atoms with Gasteiger partial charge in [0.25, 0.3) is 0 Å². The summed E-state index contributed by atoms with van der Waals surface area (Å²) in [5, 5.41) is 11.7. The highest BCUT2D eigenvalue weighted by molar-refractivity contribution is 5.86. The Morgan fingerprint density at radius 2 is 2.00 bits per heavy atom. The number of aromatic nitrogens is 1. The van der Waals surface area contributed by atoms with Gasteiger partial charge >= 0.3 is 0 Å². The van der Waals surface area contributed by atoms with Gasteiger partial charge in [0, 0.05) is 42.7 Å². The molecule has 0 fully saturated rings. The van der Waals surface area contributed by atoms with Crippen molar-refractivity contribution in [2.45, 2.75) is 31.9 Å². The molecule has 4 aromatic rings. The van der Waals surface area contributed by atoms with Crippen molar-refractivity contribution < 1.29 is 27.8 Å². The molecule has 36 heavy (non-hydrogen) atoms. The standard InChI is InChI=1S/C27H24F2N2O5/c1-35-14-16-11-24(32)26(34)27(36-16)19(15-6-7-20(28)21(29)10-15)12-25(33)31-9-8-18-17-4-2-3-5-22(17)30-23(18)13-31/h2-7,10-11,19,30,34H,8-9,12-14H2,1H3/t19-/m0/s1. The molecule has 0 saturated carbocycles. The number of nitrogens with one attached hydrogen (secondary N) is 1. The highest BCUT2D eigenvalue weighted by atomic mass is 19.2. The number of benzene rings is 2. The highest BCUT2D eigenvalue weighted by Crippen LogP contribution is 2.35. The van der Waals surface area contributed by atoms with Crippen LogP contribution in [0.3, 0.4) is 0 Å². The van der Waals surface area contributed by atoms with Crippen molar-refractivity contribution in [3.05, 3.63) is 98.7 Å². The van der Waals surface area contributed by atoms with Crippen LogP contribution in [0.4, 0.5) is 8.78 Å². The molecule has 0 unspecified atom stereocenters. The van der Waals surface area contributed by atoms with Crippen LogP contribution in [0, 0.1) is 11.6 Å². The number of H-pyrrole nitrogens is 1. The van der Waals surface area contributed by atoms with E-state index in [9.17, 15) is 23.5 Å². The van der Waals surface area contributed by atoms with Crippen molar-refractivity contribution in [3.8, 4) is 5.75 Å². The summed E-state index contributed by atoms with van der Waals surface area (Å²) in [6, 6.07) is 12.2. The van der Waals surface area contributed by atoms with E-state index in [0.717, 1.165) is 34.8 Å². The molecule has 7 nitrogen and oxygen atoms in total. The van der Waals surface area contributed by atoms with Crippen LogP contribution in [0.1, 0.15) is 40.7 Å². The number of fused-ring (bicyclic) bond motifs is 3. The first-order valence-corrected chi connectivity index (χ1v) is 11.5. The third kappa shape index (κ3) is 4.37. The quantitative estimate of drug-likeness (QED) is 0.415. The summed E-state index contributed by atoms with van der Waals surface area (Å²) in [6.45, 7) is 0.779. The minimum Gasteiger partial charge on any atom is -0.502 e. The zero-order valence-electron chi connectivity index (χ0n) is 19.5. The van der Waals surface area contributed by atoms with E-state index >= 15 is 0 Å². The van der Waals surface area contributed by atoms with E-state index < -0.39 is 28.7 Å². The van der Waals surface area contributed by atoms with Crippen LogP contribution in [0.5, 0.6) is 5.75 Å². The van der Waals surface area contributed by atoms with E-state index in [4.69, 9.17) is 9.15 Å². The summed E-state index contributed by atoms with van der Waals surface area (Å²) in [5.74, 6) is -4.22. The second kappa shape index (κ2) is 9.58. The number of carbonyl (C=O) groups excluding carboxylic acids is 1. The molecule has 1 amide bonds. The third-order valence-electron chi connectivity index (χ3n) is 6.56. The van der Waals surface area contributed by atoms with Crippen LogP contribution >= 0.6 is 0 Å². The van der Waals surface area contributed by atoms with Gasteiger partial charge in [-0.3, -0.25) is 9.59 Å². The lowest BCUT2D eigenvalue weighted by Crippen LogP contribution is -2.36. The van der Waals surface area contributed by atoms with Gasteiger partial charge in [0.05, 0.1) is 12.5 Å². The van der Waals surface area contributed by atoms with E-state index in [-0.39, 0.29) is 36.0 Å². The Hall–Kier alpha value is -3.98. The van der Waals surface area contributed by atoms with Crippen LogP contribution in [0.25, 0.3) is 10.9 Å². The number of halogens is 2. The summed E-state index contributed by atoms with van der Waals surface area (Å²) < 4.78 is 38.6. The molecule has 1 atom stereocenters. The van der Waals surface area contributed by atoms with Crippen molar-refractivity contribution in [2.24, 2.45) is 0 Å². The summed E-state index contributed by atoms with van der Waals surface area (Å²) in [6.07, 6.45) is 0.429. The molecule has 186 valence electrons. The number of methoxy groups -OCH3 is 1. The molecule has 5 rings (SSSR count). The molecule has 0 spiro atoms. The van der Waals surface area contributed by atoms with Gasteiger partial charge < -0.3 is 24.1 Å². The van der Waals surface area contributed by atoms with Crippen molar-refractivity contribution in [1.29, 1.82) is 0 Å². The Balaban J connectivity index is 1.49. The highest BCUT2D eigenvalue weighted by Gasteiger charge is 2.31. The van der Waals surface area contributed by atoms with Gasteiger partial charge in [0.15, 0.2) is 17.4 Å². The molecule has 9 heteroatoms. The van der Waals surface area contributed by atoms with E-state index in [1.165, 1.54) is 18.7 Å². The monoisotopic (exact) mass is 494 g/mol. The smallest absolute Gasteiger partial charge is 0.227 e. The number of carbonyl (C=O) groups is 1. The largest absolute Gasteiger partial charge is 0.502 e. The summed E-state index contributed by atoms with van der Waals surface area (Å²) in [4.78, 5) is 30.9. The van der Waals surface area contributed by atoms with E-state index in [0.29, 0.717) is 19.5 Å². The number of aromatic amines is 1. The maximum atomic E-state index is 14.1. The molecule has 0 bridgehead atoms. The van der Waals surface area contributed by atoms with Crippen LogP contribution < -0.4 is 5.43 Å². The lowest BCUT2D eigenvalue weighted by Gasteiger charge is -2.29. The fourth-order valence-corrected chi connectivity index (χ4v) is 4.81. The van der Waals surface area contributed by atoms with Crippen molar-refractivity contribution in [3.63, 3.8) is 0 Å². The average Bonchev–Trinajstić information content (AvgIpc) is 3.24.